The summed E-state index contributed by atoms with van der Waals surface area (Å²) in [5.41, 5.74) is 0.940. The minimum Gasteiger partial charge on any atom is -0.478 e. The van der Waals surface area contributed by atoms with Crippen LogP contribution in [0.2, 0.25) is 0 Å². The van der Waals surface area contributed by atoms with Crippen molar-refractivity contribution >= 4 is 17.3 Å². The van der Waals surface area contributed by atoms with Crippen LogP contribution < -0.4 is 15.4 Å². The summed E-state index contributed by atoms with van der Waals surface area (Å²) in [6.07, 6.45) is 3.60. The highest BCUT2D eigenvalue weighted by Gasteiger charge is 2.06. The Morgan fingerprint density at radius 1 is 1.33 bits per heavy atom. The lowest BCUT2D eigenvalue weighted by molar-refractivity contribution is 0.291. The molecule has 1 aromatic carbocycles. The van der Waals surface area contributed by atoms with Gasteiger partial charge >= 0.3 is 0 Å². The molecule has 1 atom stereocenters. The Morgan fingerprint density at radius 2 is 2.08 bits per heavy atom. The van der Waals surface area contributed by atoms with E-state index in [1.54, 1.807) is 10.9 Å². The fraction of sp³-hybridized carbons (Fsp3) is 0.389. The number of ether oxygens (including phenoxy) is 1. The Labute approximate surface area is 148 Å². The van der Waals surface area contributed by atoms with Gasteiger partial charge in [0.15, 0.2) is 5.11 Å². The van der Waals surface area contributed by atoms with Crippen molar-refractivity contribution in [2.45, 2.75) is 39.7 Å². The fourth-order valence-corrected chi connectivity index (χ4v) is 2.30. The molecule has 2 rings (SSSR count). The van der Waals surface area contributed by atoms with Gasteiger partial charge in [-0.3, -0.25) is 0 Å². The number of para-hydroxylation sites is 1. The number of benzene rings is 1. The third kappa shape index (κ3) is 5.16. The van der Waals surface area contributed by atoms with Crippen LogP contribution in [0, 0.1) is 0 Å². The van der Waals surface area contributed by atoms with Gasteiger partial charge in [-0.25, -0.2) is 9.67 Å². The van der Waals surface area contributed by atoms with Crippen LogP contribution in [0.3, 0.4) is 0 Å². The molecule has 2 aromatic rings. The normalized spacial score (nSPS) is 12.7. The second-order valence-corrected chi connectivity index (χ2v) is 5.91. The maximum atomic E-state index is 5.84. The Balaban J connectivity index is 2.34. The highest BCUT2D eigenvalue weighted by Crippen LogP contribution is 2.14. The zero-order chi connectivity index (χ0) is 17.4. The standard InChI is InChI=1S/C18H24N4OS/c1-4-11-23-17-12-15(21-18(24)20-14(3)5-2)13-19-22(17)16-9-7-6-8-10-16/h6-10,12-14H,4-5,11H2,1-3H3,(H,20,24)/b21-15-. The first-order valence-electron chi connectivity index (χ1n) is 8.26. The van der Waals surface area contributed by atoms with Crippen LogP contribution in [0.25, 0.3) is 5.69 Å². The maximum Gasteiger partial charge on any atom is 0.217 e. The molecule has 0 saturated heterocycles. The minimum absolute atomic E-state index is 0.294. The molecule has 0 saturated carbocycles. The zero-order valence-corrected chi connectivity index (χ0v) is 15.2. The van der Waals surface area contributed by atoms with Gasteiger partial charge in [-0.05, 0) is 44.1 Å². The van der Waals surface area contributed by atoms with Crippen molar-refractivity contribution in [3.8, 4) is 11.6 Å². The molecular formula is C18H24N4OS. The summed E-state index contributed by atoms with van der Waals surface area (Å²) in [6.45, 7) is 6.86. The fourth-order valence-electron chi connectivity index (χ4n) is 1.99. The lowest BCUT2D eigenvalue weighted by Gasteiger charge is -2.13. The van der Waals surface area contributed by atoms with E-state index in [1.165, 1.54) is 0 Å². The summed E-state index contributed by atoms with van der Waals surface area (Å²) in [5.74, 6) is 0.649. The summed E-state index contributed by atoms with van der Waals surface area (Å²) in [5, 5.41) is 8.78. The number of thiocarbonyl (C=S) groups is 1. The Bertz CT molecular complexity index is 727. The molecule has 0 aliphatic rings. The largest absolute Gasteiger partial charge is 0.478 e. The predicted octanol–water partition coefficient (Wildman–Crippen LogP) is 3.23. The molecule has 1 N–H and O–H groups in total. The van der Waals surface area contributed by atoms with E-state index in [2.05, 4.69) is 36.2 Å². The predicted molar refractivity (Wildman–Crippen MR) is 100 cm³/mol. The van der Waals surface area contributed by atoms with Crippen molar-refractivity contribution in [3.63, 3.8) is 0 Å². The van der Waals surface area contributed by atoms with E-state index in [4.69, 9.17) is 17.0 Å². The Hall–Kier alpha value is -2.21. The molecule has 0 fully saturated rings. The summed E-state index contributed by atoms with van der Waals surface area (Å²) in [4.78, 5) is 4.42. The van der Waals surface area contributed by atoms with Crippen LogP contribution >= 0.6 is 12.2 Å². The van der Waals surface area contributed by atoms with Gasteiger partial charge in [0.25, 0.3) is 0 Å². The van der Waals surface area contributed by atoms with Crippen molar-refractivity contribution in [2.75, 3.05) is 6.61 Å². The monoisotopic (exact) mass is 344 g/mol. The molecule has 0 radical (unpaired) electrons. The SMILES string of the molecule is CCCOc1c/c(=N/C(=S)NC(C)CC)cnn1-c1ccccc1. The van der Waals surface area contributed by atoms with Gasteiger partial charge in [0, 0.05) is 12.1 Å². The van der Waals surface area contributed by atoms with Crippen LogP contribution in [0.4, 0.5) is 0 Å². The molecule has 5 nitrogen and oxygen atoms in total. The van der Waals surface area contributed by atoms with Crippen LogP contribution in [-0.2, 0) is 0 Å². The average Bonchev–Trinajstić information content (AvgIpc) is 2.60. The Kier molecular flexibility index (Phi) is 6.93. The molecule has 1 heterocycles. The number of nitrogens with zero attached hydrogens (tertiary/aromatic N) is 3. The number of hydrogen-bond donors (Lipinski definition) is 1. The molecule has 0 bridgehead atoms. The van der Waals surface area contributed by atoms with Gasteiger partial charge in [0.1, 0.15) is 0 Å². The van der Waals surface area contributed by atoms with E-state index in [0.717, 1.165) is 18.5 Å². The van der Waals surface area contributed by atoms with Crippen molar-refractivity contribution in [3.05, 3.63) is 48.0 Å². The second-order valence-electron chi connectivity index (χ2n) is 5.52. The topological polar surface area (TPSA) is 51.4 Å². The molecule has 0 amide bonds. The molecule has 1 aromatic heterocycles. The van der Waals surface area contributed by atoms with Gasteiger partial charge in [-0.2, -0.15) is 5.10 Å². The van der Waals surface area contributed by atoms with Gasteiger partial charge in [-0.1, -0.05) is 32.0 Å². The lowest BCUT2D eigenvalue weighted by atomic mass is 10.3. The highest BCUT2D eigenvalue weighted by molar-refractivity contribution is 7.80. The van der Waals surface area contributed by atoms with E-state index in [-0.39, 0.29) is 0 Å². The molecule has 0 spiro atoms. The average molecular weight is 344 g/mol. The number of rotatable bonds is 6. The molecule has 0 aliphatic carbocycles. The van der Waals surface area contributed by atoms with Gasteiger partial charge < -0.3 is 10.1 Å². The molecule has 1 unspecified atom stereocenters. The summed E-state index contributed by atoms with van der Waals surface area (Å²) >= 11 is 5.28. The van der Waals surface area contributed by atoms with Gasteiger partial charge in [-0.15, -0.1) is 0 Å². The first-order valence-corrected chi connectivity index (χ1v) is 8.67. The number of aromatic nitrogens is 2. The molecule has 0 aliphatic heterocycles. The van der Waals surface area contributed by atoms with Crippen LogP contribution in [0.15, 0.2) is 47.6 Å². The lowest BCUT2D eigenvalue weighted by Crippen LogP contribution is -2.30. The first kappa shape index (κ1) is 18.1. The summed E-state index contributed by atoms with van der Waals surface area (Å²) in [7, 11) is 0. The third-order valence-electron chi connectivity index (χ3n) is 3.45. The summed E-state index contributed by atoms with van der Waals surface area (Å²) < 4.78 is 7.61. The number of hydrogen-bond acceptors (Lipinski definition) is 3. The molecule has 128 valence electrons. The van der Waals surface area contributed by atoms with Crippen LogP contribution in [0.1, 0.15) is 33.6 Å². The summed E-state index contributed by atoms with van der Waals surface area (Å²) in [6, 6.07) is 12.0. The smallest absolute Gasteiger partial charge is 0.217 e. The minimum atomic E-state index is 0.294. The maximum absolute atomic E-state index is 5.84. The van der Waals surface area contributed by atoms with E-state index in [9.17, 15) is 0 Å². The highest BCUT2D eigenvalue weighted by atomic mass is 32.1. The second kappa shape index (κ2) is 9.17. The van der Waals surface area contributed by atoms with Crippen LogP contribution in [-0.4, -0.2) is 27.5 Å². The first-order chi connectivity index (χ1) is 11.6. The van der Waals surface area contributed by atoms with E-state index in [1.807, 2.05) is 36.4 Å². The van der Waals surface area contributed by atoms with Crippen molar-refractivity contribution in [1.82, 2.24) is 15.1 Å². The molecule has 6 heteroatoms. The van der Waals surface area contributed by atoms with Crippen molar-refractivity contribution in [2.24, 2.45) is 4.99 Å². The number of nitrogens with one attached hydrogen (secondary N) is 1. The van der Waals surface area contributed by atoms with Gasteiger partial charge in [0.2, 0.25) is 5.88 Å². The van der Waals surface area contributed by atoms with E-state index in [0.29, 0.717) is 29.0 Å². The van der Waals surface area contributed by atoms with E-state index >= 15 is 0 Å². The third-order valence-corrected chi connectivity index (χ3v) is 3.66. The quantitative estimate of drug-likeness (QED) is 0.818. The van der Waals surface area contributed by atoms with Crippen LogP contribution in [0.5, 0.6) is 5.88 Å². The van der Waals surface area contributed by atoms with Crippen molar-refractivity contribution < 1.29 is 4.74 Å². The van der Waals surface area contributed by atoms with E-state index < -0.39 is 0 Å². The Morgan fingerprint density at radius 3 is 2.75 bits per heavy atom. The zero-order valence-electron chi connectivity index (χ0n) is 14.4. The molecule has 24 heavy (non-hydrogen) atoms. The molecular weight excluding hydrogens is 320 g/mol. The van der Waals surface area contributed by atoms with Gasteiger partial charge in [0.05, 0.1) is 23.8 Å². The van der Waals surface area contributed by atoms with Crippen molar-refractivity contribution in [1.29, 1.82) is 0 Å².